The van der Waals surface area contributed by atoms with Crippen LogP contribution in [0.4, 0.5) is 5.00 Å². The summed E-state index contributed by atoms with van der Waals surface area (Å²) in [5.41, 5.74) is 6.70. The Morgan fingerprint density at radius 2 is 2.39 bits per heavy atom. The van der Waals surface area contributed by atoms with E-state index >= 15 is 0 Å². The first-order valence-electron chi connectivity index (χ1n) is 6.36. The number of piperidine rings is 1. The fraction of sp³-hybridized carbons (Fsp3) is 0.667. The molecule has 5 nitrogen and oxygen atoms in total. The predicted octanol–water partition coefficient (Wildman–Crippen LogP) is 2.36. The fourth-order valence-corrected chi connectivity index (χ4v) is 3.28. The quantitative estimate of drug-likeness (QED) is 0.658. The van der Waals surface area contributed by atoms with E-state index in [2.05, 4.69) is 4.90 Å². The Morgan fingerprint density at radius 3 is 3.06 bits per heavy atom. The summed E-state index contributed by atoms with van der Waals surface area (Å²) < 4.78 is 0. The summed E-state index contributed by atoms with van der Waals surface area (Å²) in [6.45, 7) is 2.61. The summed E-state index contributed by atoms with van der Waals surface area (Å²) in [5.74, 6) is 0. The van der Waals surface area contributed by atoms with Gasteiger partial charge in [-0.3, -0.25) is 15.0 Å². The monoisotopic (exact) mass is 269 g/mol. The second-order valence-corrected chi connectivity index (χ2v) is 5.64. The van der Waals surface area contributed by atoms with Crippen LogP contribution in [0.2, 0.25) is 0 Å². The highest BCUT2D eigenvalue weighted by Gasteiger charge is 2.22. The normalized spacial score (nSPS) is 21.1. The third-order valence-electron chi connectivity index (χ3n) is 3.45. The van der Waals surface area contributed by atoms with Crippen molar-refractivity contribution in [2.45, 2.75) is 38.3 Å². The minimum atomic E-state index is -0.318. The van der Waals surface area contributed by atoms with Gasteiger partial charge < -0.3 is 5.73 Å². The number of nitrogens with zero attached hydrogens (tertiary/aromatic N) is 2. The third-order valence-corrected chi connectivity index (χ3v) is 4.38. The zero-order valence-electron chi connectivity index (χ0n) is 10.4. The summed E-state index contributed by atoms with van der Waals surface area (Å²) in [7, 11) is 0. The Labute approximate surface area is 111 Å². The molecule has 1 fully saturated rings. The van der Waals surface area contributed by atoms with Gasteiger partial charge >= 0.3 is 5.00 Å². The highest BCUT2D eigenvalue weighted by Crippen LogP contribution is 2.26. The van der Waals surface area contributed by atoms with Crippen molar-refractivity contribution < 1.29 is 4.92 Å². The van der Waals surface area contributed by atoms with E-state index in [-0.39, 0.29) is 9.92 Å². The van der Waals surface area contributed by atoms with Crippen LogP contribution >= 0.6 is 11.3 Å². The van der Waals surface area contributed by atoms with Gasteiger partial charge in [0.2, 0.25) is 0 Å². The second kappa shape index (κ2) is 6.26. The van der Waals surface area contributed by atoms with E-state index in [1.165, 1.54) is 30.6 Å². The van der Waals surface area contributed by atoms with Gasteiger partial charge in [-0.05, 0) is 37.9 Å². The molecule has 1 aromatic heterocycles. The Morgan fingerprint density at radius 1 is 1.56 bits per heavy atom. The highest BCUT2D eigenvalue weighted by molar-refractivity contribution is 7.13. The van der Waals surface area contributed by atoms with Crippen LogP contribution in [0.15, 0.2) is 11.4 Å². The van der Waals surface area contributed by atoms with Crippen LogP contribution in [0.25, 0.3) is 0 Å². The third kappa shape index (κ3) is 3.28. The van der Waals surface area contributed by atoms with Crippen LogP contribution in [-0.4, -0.2) is 29.0 Å². The van der Waals surface area contributed by atoms with Gasteiger partial charge in [0.25, 0.3) is 0 Å². The average Bonchev–Trinajstić information content (AvgIpc) is 2.81. The smallest absolute Gasteiger partial charge is 0.324 e. The molecular weight excluding hydrogens is 250 g/mol. The van der Waals surface area contributed by atoms with Gasteiger partial charge in [-0.1, -0.05) is 17.8 Å². The SMILES string of the molecule is NCCC1CCCCN1Cc1csc([N+](=O)[O-])c1. The lowest BCUT2D eigenvalue weighted by atomic mass is 9.99. The van der Waals surface area contributed by atoms with E-state index < -0.39 is 0 Å². The van der Waals surface area contributed by atoms with Crippen LogP contribution in [0, 0.1) is 10.1 Å². The maximum atomic E-state index is 10.7. The van der Waals surface area contributed by atoms with Crippen LogP contribution < -0.4 is 5.73 Å². The molecule has 1 aliphatic rings. The summed E-state index contributed by atoms with van der Waals surface area (Å²) in [4.78, 5) is 12.8. The zero-order valence-corrected chi connectivity index (χ0v) is 11.2. The van der Waals surface area contributed by atoms with Crippen molar-refractivity contribution in [3.05, 3.63) is 27.1 Å². The van der Waals surface area contributed by atoms with Crippen molar-refractivity contribution in [3.63, 3.8) is 0 Å². The number of likely N-dealkylation sites (tertiary alicyclic amines) is 1. The molecule has 0 spiro atoms. The van der Waals surface area contributed by atoms with Gasteiger partial charge in [-0.15, -0.1) is 0 Å². The summed E-state index contributed by atoms with van der Waals surface area (Å²) in [6.07, 6.45) is 4.70. The first-order chi connectivity index (χ1) is 8.70. The average molecular weight is 269 g/mol. The number of rotatable bonds is 5. The van der Waals surface area contributed by atoms with E-state index in [9.17, 15) is 10.1 Å². The molecule has 6 heteroatoms. The largest absolute Gasteiger partial charge is 0.330 e. The van der Waals surface area contributed by atoms with Crippen molar-refractivity contribution in [2.75, 3.05) is 13.1 Å². The zero-order chi connectivity index (χ0) is 13.0. The van der Waals surface area contributed by atoms with E-state index in [0.29, 0.717) is 12.6 Å². The van der Waals surface area contributed by atoms with E-state index in [4.69, 9.17) is 5.73 Å². The van der Waals surface area contributed by atoms with Crippen LogP contribution in [0.5, 0.6) is 0 Å². The maximum absolute atomic E-state index is 10.7. The van der Waals surface area contributed by atoms with E-state index in [1.54, 1.807) is 6.07 Å². The van der Waals surface area contributed by atoms with Crippen molar-refractivity contribution in [1.29, 1.82) is 0 Å². The molecule has 1 unspecified atom stereocenters. The molecule has 1 atom stereocenters. The fourth-order valence-electron chi connectivity index (χ4n) is 2.56. The van der Waals surface area contributed by atoms with Crippen molar-refractivity contribution >= 4 is 16.3 Å². The van der Waals surface area contributed by atoms with Crippen LogP contribution in [0.1, 0.15) is 31.2 Å². The molecule has 0 amide bonds. The predicted molar refractivity (Wildman–Crippen MR) is 72.7 cm³/mol. The van der Waals surface area contributed by atoms with E-state index in [1.807, 2.05) is 5.38 Å². The second-order valence-electron chi connectivity index (χ2n) is 4.75. The number of hydrogen-bond donors (Lipinski definition) is 1. The molecule has 2 heterocycles. The standard InChI is InChI=1S/C12H19N3O2S/c13-5-4-11-3-1-2-6-14(11)8-10-7-12(15(16)17)18-9-10/h7,9,11H,1-6,8,13H2. The Kier molecular flexibility index (Phi) is 4.68. The molecule has 0 aromatic carbocycles. The summed E-state index contributed by atoms with van der Waals surface area (Å²) in [6, 6.07) is 2.24. The van der Waals surface area contributed by atoms with Gasteiger partial charge in [-0.2, -0.15) is 0 Å². The molecule has 1 aromatic rings. The Balaban J connectivity index is 1.99. The first kappa shape index (κ1) is 13.5. The minimum absolute atomic E-state index is 0.234. The topological polar surface area (TPSA) is 72.4 Å². The molecule has 0 aliphatic carbocycles. The van der Waals surface area contributed by atoms with Gasteiger partial charge in [0.05, 0.1) is 4.92 Å². The van der Waals surface area contributed by atoms with Gasteiger partial charge in [0.1, 0.15) is 0 Å². The maximum Gasteiger partial charge on any atom is 0.324 e. The number of hydrogen-bond acceptors (Lipinski definition) is 5. The molecule has 0 saturated carbocycles. The molecule has 0 bridgehead atoms. The molecule has 2 rings (SSSR count). The molecular formula is C12H19N3O2S. The number of nitro groups is 1. The lowest BCUT2D eigenvalue weighted by Gasteiger charge is -2.35. The number of nitrogens with two attached hydrogens (primary N) is 1. The lowest BCUT2D eigenvalue weighted by molar-refractivity contribution is -0.380. The molecule has 18 heavy (non-hydrogen) atoms. The van der Waals surface area contributed by atoms with Gasteiger partial charge in [0.15, 0.2) is 0 Å². The van der Waals surface area contributed by atoms with Crippen LogP contribution in [0.3, 0.4) is 0 Å². The summed E-state index contributed by atoms with van der Waals surface area (Å²) in [5, 5.41) is 12.8. The van der Waals surface area contributed by atoms with Gasteiger partial charge in [-0.25, -0.2) is 0 Å². The molecule has 100 valence electrons. The molecule has 1 saturated heterocycles. The van der Waals surface area contributed by atoms with Crippen molar-refractivity contribution in [3.8, 4) is 0 Å². The summed E-state index contributed by atoms with van der Waals surface area (Å²) >= 11 is 1.21. The number of thiophene rings is 1. The van der Waals surface area contributed by atoms with Gasteiger partial charge in [0, 0.05) is 24.0 Å². The molecule has 2 N–H and O–H groups in total. The van der Waals surface area contributed by atoms with Crippen LogP contribution in [-0.2, 0) is 6.54 Å². The van der Waals surface area contributed by atoms with E-state index in [0.717, 1.165) is 25.1 Å². The highest BCUT2D eigenvalue weighted by atomic mass is 32.1. The minimum Gasteiger partial charge on any atom is -0.330 e. The van der Waals surface area contributed by atoms with Crippen molar-refractivity contribution in [1.82, 2.24) is 4.90 Å². The molecule has 1 aliphatic heterocycles. The lowest BCUT2D eigenvalue weighted by Crippen LogP contribution is -2.39. The Bertz CT molecular complexity index is 406. The Hall–Kier alpha value is -0.980. The van der Waals surface area contributed by atoms with Crippen molar-refractivity contribution in [2.24, 2.45) is 5.73 Å². The molecule has 0 radical (unpaired) electrons. The first-order valence-corrected chi connectivity index (χ1v) is 7.24.